The second kappa shape index (κ2) is 21.3. The first-order chi connectivity index (χ1) is 25.6. The summed E-state index contributed by atoms with van der Waals surface area (Å²) in [6.45, 7) is 7.98. The van der Waals surface area contributed by atoms with Crippen molar-refractivity contribution in [2.45, 2.75) is 38.6 Å². The number of amides is 2. The fourth-order valence-electron chi connectivity index (χ4n) is 4.18. The van der Waals surface area contributed by atoms with Crippen molar-refractivity contribution in [3.05, 3.63) is 60.2 Å². The first-order valence-corrected chi connectivity index (χ1v) is 16.6. The van der Waals surface area contributed by atoms with Crippen LogP contribution >= 0.6 is 0 Å². The van der Waals surface area contributed by atoms with Crippen LogP contribution in [-0.4, -0.2) is 122 Å². The van der Waals surface area contributed by atoms with Gasteiger partial charge >= 0.3 is 24.2 Å². The van der Waals surface area contributed by atoms with Crippen LogP contribution in [0.4, 0.5) is 35.5 Å². The molecule has 0 saturated carbocycles. The molecule has 1 aromatic carbocycles. The van der Waals surface area contributed by atoms with Gasteiger partial charge in [0.25, 0.3) is 5.91 Å². The Labute approximate surface area is 309 Å². The normalized spacial score (nSPS) is 17.0. The van der Waals surface area contributed by atoms with Gasteiger partial charge in [0.1, 0.15) is 24.0 Å². The van der Waals surface area contributed by atoms with Crippen molar-refractivity contribution in [2.75, 3.05) is 76.6 Å². The van der Waals surface area contributed by atoms with E-state index in [1.807, 2.05) is 0 Å². The number of nitrogens with one attached hydrogen (secondary N) is 4. The van der Waals surface area contributed by atoms with Crippen LogP contribution in [0, 0.1) is 0 Å². The molecule has 0 radical (unpaired) electrons. The van der Waals surface area contributed by atoms with E-state index in [1.54, 1.807) is 45.1 Å². The van der Waals surface area contributed by atoms with Gasteiger partial charge in [-0.1, -0.05) is 30.9 Å². The molecule has 3 rings (SSSR count). The lowest BCUT2D eigenvalue weighted by Gasteiger charge is -2.21. The minimum atomic E-state index is -4.68. The predicted octanol–water partition coefficient (Wildman–Crippen LogP) is 3.79. The van der Waals surface area contributed by atoms with Gasteiger partial charge in [0.15, 0.2) is 6.61 Å². The molecule has 0 unspecified atom stereocenters. The monoisotopic (exact) mass is 767 g/mol. The van der Waals surface area contributed by atoms with E-state index in [-0.39, 0.29) is 68.5 Å². The number of carbonyl (C=O) groups is 3. The topological polar surface area (TPSA) is 214 Å². The number of carboxylic acid groups (broad SMARTS) is 1. The maximum Gasteiger partial charge on any atom is 0.422 e. The summed E-state index contributed by atoms with van der Waals surface area (Å²) in [5.41, 5.74) is -0.0217. The molecular formula is C34H44F3N7O10. The Balaban J connectivity index is 1.92. The first kappa shape index (κ1) is 42.9. The number of rotatable bonds is 8. The number of aliphatic carboxylic acids is 1. The Hall–Kier alpha value is -5.47. The summed E-state index contributed by atoms with van der Waals surface area (Å²) in [5, 5.41) is 20.2. The molecule has 4 bridgehead atoms. The molecule has 54 heavy (non-hydrogen) atoms. The zero-order chi connectivity index (χ0) is 39.6. The van der Waals surface area contributed by atoms with Crippen LogP contribution in [0.25, 0.3) is 0 Å². The van der Waals surface area contributed by atoms with Crippen molar-refractivity contribution in [1.82, 2.24) is 25.6 Å². The van der Waals surface area contributed by atoms with Crippen LogP contribution < -0.4 is 30.7 Å². The van der Waals surface area contributed by atoms with Crippen LogP contribution in [0.15, 0.2) is 54.7 Å². The fourth-order valence-corrected chi connectivity index (χ4v) is 4.18. The lowest BCUT2D eigenvalue weighted by Crippen LogP contribution is -2.49. The van der Waals surface area contributed by atoms with Gasteiger partial charge in [-0.15, -0.1) is 0 Å². The molecule has 2 aromatic rings. The van der Waals surface area contributed by atoms with E-state index in [0.717, 1.165) is 0 Å². The molecule has 20 heteroatoms. The summed E-state index contributed by atoms with van der Waals surface area (Å²) in [7, 11) is 0. The number of ether oxygens (including phenoxy) is 6. The average molecular weight is 768 g/mol. The number of allylic oxidation sites excluding steroid dienone is 2. The van der Waals surface area contributed by atoms with E-state index in [1.165, 1.54) is 18.2 Å². The molecule has 0 spiro atoms. The molecule has 2 heterocycles. The van der Waals surface area contributed by atoms with Gasteiger partial charge in [-0.25, -0.2) is 9.59 Å². The number of anilines is 3. The second-order valence-electron chi connectivity index (χ2n) is 12.1. The number of aromatic nitrogens is 3. The number of hydrogen-bond acceptors (Lipinski definition) is 14. The average Bonchev–Trinajstić information content (AvgIpc) is 3.08. The zero-order valence-corrected chi connectivity index (χ0v) is 30.0. The van der Waals surface area contributed by atoms with Gasteiger partial charge < -0.3 is 54.8 Å². The van der Waals surface area contributed by atoms with Crippen LogP contribution in [-0.2, 0) is 23.7 Å². The van der Waals surface area contributed by atoms with Crippen molar-refractivity contribution in [3.8, 4) is 11.8 Å². The van der Waals surface area contributed by atoms with Crippen LogP contribution in [0.1, 0.15) is 31.1 Å². The maximum atomic E-state index is 13.4. The van der Waals surface area contributed by atoms with Gasteiger partial charge in [-0.05, 0) is 38.5 Å². The number of hydrogen-bond donors (Lipinski definition) is 5. The van der Waals surface area contributed by atoms with Gasteiger partial charge in [-0.2, -0.15) is 28.1 Å². The molecular weight excluding hydrogens is 723 g/mol. The quantitative estimate of drug-likeness (QED) is 0.259. The Morgan fingerprint density at radius 2 is 1.70 bits per heavy atom. The number of alkyl halides is 3. The molecule has 296 valence electrons. The first-order valence-electron chi connectivity index (χ1n) is 16.6. The summed E-state index contributed by atoms with van der Waals surface area (Å²) in [6.07, 6.45) is 1.21. The lowest BCUT2D eigenvalue weighted by molar-refractivity contribution is -0.154. The highest BCUT2D eigenvalue weighted by Crippen LogP contribution is 2.27. The van der Waals surface area contributed by atoms with Crippen LogP contribution in [0.2, 0.25) is 0 Å². The molecule has 1 aromatic heterocycles. The summed E-state index contributed by atoms with van der Waals surface area (Å²) in [5.74, 6) is -2.70. The Kier molecular flexibility index (Phi) is 16.9. The molecule has 5 N–H and O–H groups in total. The highest BCUT2D eigenvalue weighted by molar-refractivity contribution is 5.99. The Bertz CT molecular complexity index is 1630. The minimum Gasteiger partial charge on any atom is -0.490 e. The fraction of sp³-hybridized carbons (Fsp3) is 0.471. The van der Waals surface area contributed by atoms with Crippen molar-refractivity contribution in [2.24, 2.45) is 0 Å². The molecule has 0 saturated heterocycles. The number of carboxylic acids is 1. The molecule has 2 amide bonds. The Morgan fingerprint density at radius 3 is 2.37 bits per heavy atom. The summed E-state index contributed by atoms with van der Waals surface area (Å²) < 4.78 is 71.4. The molecule has 0 fully saturated rings. The van der Waals surface area contributed by atoms with E-state index in [9.17, 15) is 32.7 Å². The third-order valence-electron chi connectivity index (χ3n) is 6.47. The van der Waals surface area contributed by atoms with Crippen LogP contribution in [0.5, 0.6) is 11.8 Å². The lowest BCUT2D eigenvalue weighted by atomic mass is 10.1. The number of halogens is 3. The van der Waals surface area contributed by atoms with Crippen molar-refractivity contribution in [1.29, 1.82) is 0 Å². The van der Waals surface area contributed by atoms with Crippen LogP contribution in [0.3, 0.4) is 0 Å². The standard InChI is InChI=1S/C34H44F3N7O10/c1-5-7-22-8-6-11-49-12-13-50-14-15-51-16-17-52-26-18-23(40-30-42-29(38-19-22)43-31(44-30)53-21-34(35,36)37)9-10-24(26)27(45)41-25(28(46)47)20-39-32(48)54-33(2,3)4/h5-10,18,25H,1,11-17,19-21H2,2-4H3,(H,39,48)(H,41,45)(H,46,47)(H2,38,40,42,43,44)/b8-6-,22-7+/t25-/m0/s1. The van der Waals surface area contributed by atoms with E-state index in [4.69, 9.17) is 28.4 Å². The van der Waals surface area contributed by atoms with E-state index >= 15 is 0 Å². The number of fused-ring (bicyclic) bond motifs is 4. The van der Waals surface area contributed by atoms with Crippen molar-refractivity contribution in [3.63, 3.8) is 0 Å². The third kappa shape index (κ3) is 16.9. The highest BCUT2D eigenvalue weighted by Gasteiger charge is 2.29. The largest absolute Gasteiger partial charge is 0.490 e. The molecule has 1 aliphatic heterocycles. The number of nitrogens with zero attached hydrogens (tertiary/aromatic N) is 3. The summed E-state index contributed by atoms with van der Waals surface area (Å²) in [4.78, 5) is 49.6. The van der Waals surface area contributed by atoms with Gasteiger partial charge in [0, 0.05) is 18.3 Å². The number of benzene rings is 1. The smallest absolute Gasteiger partial charge is 0.422 e. The van der Waals surface area contributed by atoms with Gasteiger partial charge in [-0.3, -0.25) is 4.79 Å². The molecule has 17 nitrogen and oxygen atoms in total. The third-order valence-corrected chi connectivity index (χ3v) is 6.47. The molecule has 0 aliphatic carbocycles. The second-order valence-corrected chi connectivity index (χ2v) is 12.1. The van der Waals surface area contributed by atoms with Gasteiger partial charge in [0.2, 0.25) is 11.9 Å². The molecule has 1 atom stereocenters. The number of alkyl carbamates (subject to hydrolysis) is 1. The summed E-state index contributed by atoms with van der Waals surface area (Å²) in [6, 6.07) is 1.88. The Morgan fingerprint density at radius 1 is 1.02 bits per heavy atom. The SMILES string of the molecule is C=C/C=C1\C=C/COCCOCCOCCOc2cc(ccc2C(=O)N[C@@H](CNC(=O)OC(C)(C)C)C(=O)O)Nc2nc(nc(OCC(F)(F)F)n2)NC1. The highest BCUT2D eigenvalue weighted by atomic mass is 19.4. The van der Waals surface area contributed by atoms with E-state index in [2.05, 4.69) is 42.8 Å². The van der Waals surface area contributed by atoms with Crippen molar-refractivity contribution >= 4 is 35.6 Å². The van der Waals surface area contributed by atoms with Gasteiger partial charge in [0.05, 0.1) is 51.7 Å². The van der Waals surface area contributed by atoms with Crippen molar-refractivity contribution < 1.29 is 61.1 Å². The summed E-state index contributed by atoms with van der Waals surface area (Å²) >= 11 is 0. The maximum absolute atomic E-state index is 13.4. The molecule has 1 aliphatic rings. The van der Waals surface area contributed by atoms with E-state index < -0.39 is 55.0 Å². The van der Waals surface area contributed by atoms with E-state index in [0.29, 0.717) is 18.8 Å². The zero-order valence-electron chi connectivity index (χ0n) is 30.0. The minimum absolute atomic E-state index is 0.0379. The predicted molar refractivity (Wildman–Crippen MR) is 188 cm³/mol. The number of carbonyl (C=O) groups excluding carboxylic acids is 2.